The zero-order valence-corrected chi connectivity index (χ0v) is 9.43. The first-order chi connectivity index (χ1) is 7.69. The van der Waals surface area contributed by atoms with Crippen LogP contribution in [-0.4, -0.2) is 61.7 Å². The first-order valence-electron chi connectivity index (χ1n) is 5.46. The second-order valence-corrected chi connectivity index (χ2v) is 3.99. The van der Waals surface area contributed by atoms with Crippen molar-refractivity contribution in [2.24, 2.45) is 0 Å². The van der Waals surface area contributed by atoms with Gasteiger partial charge in [0.15, 0.2) is 0 Å². The number of rotatable bonds is 7. The second-order valence-electron chi connectivity index (χ2n) is 3.99. The highest BCUT2D eigenvalue weighted by atomic mass is 19.1. The van der Waals surface area contributed by atoms with Gasteiger partial charge in [-0.05, 0) is 13.5 Å². The lowest BCUT2D eigenvalue weighted by Crippen LogP contribution is -2.38. The van der Waals surface area contributed by atoms with E-state index in [2.05, 4.69) is 5.32 Å². The molecular formula is C10H19FN2O3. The van der Waals surface area contributed by atoms with Crippen molar-refractivity contribution in [2.75, 3.05) is 26.7 Å². The fourth-order valence-corrected chi connectivity index (χ4v) is 1.82. The van der Waals surface area contributed by atoms with E-state index >= 15 is 0 Å². The Morgan fingerprint density at radius 3 is 3.00 bits per heavy atom. The van der Waals surface area contributed by atoms with E-state index in [4.69, 9.17) is 9.84 Å². The van der Waals surface area contributed by atoms with Crippen LogP contribution in [0.2, 0.25) is 0 Å². The van der Waals surface area contributed by atoms with Gasteiger partial charge in [0, 0.05) is 19.5 Å². The fourth-order valence-electron chi connectivity index (χ4n) is 1.82. The molecule has 1 saturated heterocycles. The van der Waals surface area contributed by atoms with Gasteiger partial charge in [0.1, 0.15) is 12.4 Å². The zero-order chi connectivity index (χ0) is 12.0. The summed E-state index contributed by atoms with van der Waals surface area (Å²) in [5, 5.41) is 11.4. The largest absolute Gasteiger partial charge is 0.394 e. The minimum atomic E-state index is -1.05. The maximum atomic E-state index is 13.5. The third-order valence-corrected chi connectivity index (χ3v) is 2.68. The van der Waals surface area contributed by atoms with Crippen LogP contribution in [-0.2, 0) is 9.53 Å². The van der Waals surface area contributed by atoms with Crippen LogP contribution < -0.4 is 5.32 Å². The molecule has 94 valence electrons. The van der Waals surface area contributed by atoms with Crippen molar-refractivity contribution in [1.82, 2.24) is 10.2 Å². The Morgan fingerprint density at radius 2 is 2.44 bits per heavy atom. The van der Waals surface area contributed by atoms with Crippen LogP contribution in [0.15, 0.2) is 0 Å². The number of amides is 1. The van der Waals surface area contributed by atoms with Gasteiger partial charge in [-0.2, -0.15) is 0 Å². The topological polar surface area (TPSA) is 61.8 Å². The number of alkyl halides is 1. The molecular weight excluding hydrogens is 215 g/mol. The molecule has 0 bridgehead atoms. The van der Waals surface area contributed by atoms with Gasteiger partial charge in [0.25, 0.3) is 0 Å². The zero-order valence-electron chi connectivity index (χ0n) is 9.43. The van der Waals surface area contributed by atoms with Gasteiger partial charge in [-0.25, -0.2) is 4.39 Å². The Labute approximate surface area is 94.6 Å². The van der Waals surface area contributed by atoms with E-state index in [0.29, 0.717) is 19.5 Å². The van der Waals surface area contributed by atoms with Gasteiger partial charge < -0.3 is 15.2 Å². The molecule has 1 fully saturated rings. The predicted molar refractivity (Wildman–Crippen MR) is 56.6 cm³/mol. The van der Waals surface area contributed by atoms with Crippen molar-refractivity contribution in [3.05, 3.63) is 0 Å². The number of nitrogens with zero attached hydrogens (tertiary/aromatic N) is 1. The summed E-state index contributed by atoms with van der Waals surface area (Å²) in [7, 11) is 1.78. The molecule has 3 unspecified atom stereocenters. The Balaban J connectivity index is 2.25. The van der Waals surface area contributed by atoms with Gasteiger partial charge in [-0.15, -0.1) is 0 Å². The smallest absolute Gasteiger partial charge is 0.207 e. The number of aliphatic hydroxyl groups excluding tert-OH is 1. The second kappa shape index (κ2) is 6.78. The van der Waals surface area contributed by atoms with E-state index in [9.17, 15) is 9.18 Å². The lowest BCUT2D eigenvalue weighted by atomic mass is 10.2. The normalized spacial score (nSPS) is 29.6. The summed E-state index contributed by atoms with van der Waals surface area (Å²) in [6, 6.07) is 0. The summed E-state index contributed by atoms with van der Waals surface area (Å²) in [6.45, 7) is 1.07. The van der Waals surface area contributed by atoms with Crippen LogP contribution in [0.1, 0.15) is 12.8 Å². The number of ether oxygens (including phenoxy) is 1. The van der Waals surface area contributed by atoms with Crippen molar-refractivity contribution in [1.29, 1.82) is 0 Å². The Morgan fingerprint density at radius 1 is 1.69 bits per heavy atom. The summed E-state index contributed by atoms with van der Waals surface area (Å²) in [5.74, 6) is 0. The van der Waals surface area contributed by atoms with Crippen molar-refractivity contribution >= 4 is 6.41 Å². The molecule has 5 nitrogen and oxygen atoms in total. The Hall–Kier alpha value is -0.720. The number of hydrogen-bond acceptors (Lipinski definition) is 4. The van der Waals surface area contributed by atoms with E-state index in [0.717, 1.165) is 6.42 Å². The molecule has 2 N–H and O–H groups in total. The van der Waals surface area contributed by atoms with E-state index in [-0.39, 0.29) is 13.0 Å². The molecule has 0 spiro atoms. The van der Waals surface area contributed by atoms with Crippen molar-refractivity contribution in [3.63, 3.8) is 0 Å². The van der Waals surface area contributed by atoms with Crippen molar-refractivity contribution < 1.29 is 19.0 Å². The molecule has 1 aliphatic rings. The molecule has 0 saturated carbocycles. The van der Waals surface area contributed by atoms with Crippen LogP contribution in [0.3, 0.4) is 0 Å². The van der Waals surface area contributed by atoms with Gasteiger partial charge >= 0.3 is 0 Å². The number of carbonyl (C=O) groups excluding carboxylic acids is 1. The summed E-state index contributed by atoms with van der Waals surface area (Å²) in [6.07, 6.45) is -0.389. The van der Waals surface area contributed by atoms with Crippen LogP contribution in [0.25, 0.3) is 0 Å². The first kappa shape index (κ1) is 13.3. The standard InChI is InChI=1S/C10H19FN2O3/c1-13(4-2-3-12-7-15)10-9(11)5-8(6-14)16-10/h7-10,14H,2-6H2,1H3,(H,12,15). The monoisotopic (exact) mass is 234 g/mol. The number of carbonyl (C=O) groups is 1. The SMILES string of the molecule is CN(CCCNC=O)C1OC(CO)CC1F. The lowest BCUT2D eigenvalue weighted by Gasteiger charge is -2.25. The Bertz CT molecular complexity index is 218. The summed E-state index contributed by atoms with van der Waals surface area (Å²) >= 11 is 0. The predicted octanol–water partition coefficient (Wildman–Crippen LogP) is -0.500. The third-order valence-electron chi connectivity index (χ3n) is 2.68. The fraction of sp³-hybridized carbons (Fsp3) is 0.900. The molecule has 0 radical (unpaired) electrons. The summed E-state index contributed by atoms with van der Waals surface area (Å²) in [4.78, 5) is 11.8. The molecule has 0 aromatic rings. The maximum Gasteiger partial charge on any atom is 0.207 e. The molecule has 1 amide bonds. The highest BCUT2D eigenvalue weighted by molar-refractivity contribution is 5.45. The van der Waals surface area contributed by atoms with E-state index in [1.807, 2.05) is 0 Å². The maximum absolute atomic E-state index is 13.5. The first-order valence-corrected chi connectivity index (χ1v) is 5.46. The molecule has 1 aliphatic heterocycles. The van der Waals surface area contributed by atoms with Gasteiger partial charge in [-0.1, -0.05) is 0 Å². The minimum Gasteiger partial charge on any atom is -0.394 e. The molecule has 0 aliphatic carbocycles. The third kappa shape index (κ3) is 3.70. The average molecular weight is 234 g/mol. The molecule has 16 heavy (non-hydrogen) atoms. The van der Waals surface area contributed by atoms with Crippen LogP contribution in [0, 0.1) is 0 Å². The molecule has 1 rings (SSSR count). The molecule has 0 aromatic carbocycles. The van der Waals surface area contributed by atoms with Crippen LogP contribution >= 0.6 is 0 Å². The van der Waals surface area contributed by atoms with Gasteiger partial charge in [0.2, 0.25) is 6.41 Å². The summed E-state index contributed by atoms with van der Waals surface area (Å²) in [5.41, 5.74) is 0. The summed E-state index contributed by atoms with van der Waals surface area (Å²) < 4.78 is 18.9. The highest BCUT2D eigenvalue weighted by Gasteiger charge is 2.37. The van der Waals surface area contributed by atoms with Gasteiger partial charge in [0.05, 0.1) is 12.7 Å². The average Bonchev–Trinajstić information content (AvgIpc) is 2.66. The number of hydrogen-bond donors (Lipinski definition) is 2. The van der Waals surface area contributed by atoms with E-state index in [1.165, 1.54) is 0 Å². The molecule has 0 aromatic heterocycles. The van der Waals surface area contributed by atoms with Crippen molar-refractivity contribution in [2.45, 2.75) is 31.3 Å². The van der Waals surface area contributed by atoms with E-state index in [1.54, 1.807) is 11.9 Å². The lowest BCUT2D eigenvalue weighted by molar-refractivity contribution is -0.109. The quantitative estimate of drug-likeness (QED) is 0.460. The van der Waals surface area contributed by atoms with E-state index < -0.39 is 18.5 Å². The van der Waals surface area contributed by atoms with Crippen molar-refractivity contribution in [3.8, 4) is 0 Å². The number of nitrogens with one attached hydrogen (secondary N) is 1. The number of aliphatic hydroxyl groups is 1. The van der Waals surface area contributed by atoms with Gasteiger partial charge in [-0.3, -0.25) is 9.69 Å². The minimum absolute atomic E-state index is 0.141. The highest BCUT2D eigenvalue weighted by Crippen LogP contribution is 2.24. The molecule has 3 atom stereocenters. The van der Waals surface area contributed by atoms with Crippen LogP contribution in [0.5, 0.6) is 0 Å². The number of halogens is 1. The Kier molecular flexibility index (Phi) is 5.65. The molecule has 1 heterocycles. The van der Waals surface area contributed by atoms with Crippen LogP contribution in [0.4, 0.5) is 4.39 Å². The molecule has 6 heteroatoms.